The zero-order valence-corrected chi connectivity index (χ0v) is 17.7. The van der Waals surface area contributed by atoms with Crippen LogP contribution in [0.25, 0.3) is 0 Å². The summed E-state index contributed by atoms with van der Waals surface area (Å²) in [6.45, 7) is 15.0. The molecule has 27 heavy (non-hydrogen) atoms. The van der Waals surface area contributed by atoms with Gasteiger partial charge < -0.3 is 10.1 Å². The highest BCUT2D eigenvalue weighted by Gasteiger charge is 2.19. The van der Waals surface area contributed by atoms with E-state index in [2.05, 4.69) is 71.1 Å². The van der Waals surface area contributed by atoms with Crippen molar-refractivity contribution in [2.45, 2.75) is 65.3 Å². The molecule has 3 heteroatoms. The molecule has 0 bridgehead atoms. The van der Waals surface area contributed by atoms with Crippen molar-refractivity contribution in [2.75, 3.05) is 6.61 Å². The lowest BCUT2D eigenvalue weighted by Gasteiger charge is -2.23. The molecule has 0 saturated carbocycles. The van der Waals surface area contributed by atoms with E-state index in [-0.39, 0.29) is 29.4 Å². The van der Waals surface area contributed by atoms with Crippen LogP contribution in [0.2, 0.25) is 0 Å². The van der Waals surface area contributed by atoms with Gasteiger partial charge in [-0.15, -0.1) is 0 Å². The number of carbonyl (C=O) groups is 1. The Morgan fingerprint density at radius 1 is 0.926 bits per heavy atom. The van der Waals surface area contributed by atoms with Gasteiger partial charge in [0.05, 0.1) is 6.04 Å². The lowest BCUT2D eigenvalue weighted by Crippen LogP contribution is -2.31. The van der Waals surface area contributed by atoms with Gasteiger partial charge in [-0.2, -0.15) is 0 Å². The van der Waals surface area contributed by atoms with Gasteiger partial charge >= 0.3 is 0 Å². The Labute approximate surface area is 164 Å². The normalized spacial score (nSPS) is 13.1. The smallest absolute Gasteiger partial charge is 0.258 e. The fraction of sp³-hybridized carbons (Fsp3) is 0.458. The van der Waals surface area contributed by atoms with E-state index in [9.17, 15) is 4.79 Å². The average molecular weight is 368 g/mol. The summed E-state index contributed by atoms with van der Waals surface area (Å²) in [5.74, 6) is 0.647. The molecule has 0 saturated heterocycles. The quantitative estimate of drug-likeness (QED) is 0.754. The van der Waals surface area contributed by atoms with Crippen molar-refractivity contribution in [3.63, 3.8) is 0 Å². The highest BCUT2D eigenvalue weighted by molar-refractivity contribution is 5.78. The molecule has 2 aromatic rings. The third kappa shape index (κ3) is 5.85. The Hall–Kier alpha value is -2.29. The van der Waals surface area contributed by atoms with E-state index < -0.39 is 0 Å². The van der Waals surface area contributed by atoms with Crippen molar-refractivity contribution in [3.8, 4) is 5.75 Å². The highest BCUT2D eigenvalue weighted by atomic mass is 16.5. The molecule has 2 rings (SSSR count). The van der Waals surface area contributed by atoms with Crippen molar-refractivity contribution < 1.29 is 9.53 Å². The summed E-state index contributed by atoms with van der Waals surface area (Å²) >= 11 is 0. The van der Waals surface area contributed by atoms with Crippen molar-refractivity contribution >= 4 is 5.91 Å². The maximum absolute atomic E-state index is 12.4. The second-order valence-electron chi connectivity index (χ2n) is 9.20. The van der Waals surface area contributed by atoms with Gasteiger partial charge in [0.1, 0.15) is 5.75 Å². The Morgan fingerprint density at radius 2 is 1.52 bits per heavy atom. The van der Waals surface area contributed by atoms with Crippen LogP contribution in [-0.2, 0) is 15.6 Å². The molecular formula is C24H33NO2. The summed E-state index contributed by atoms with van der Waals surface area (Å²) in [7, 11) is 0. The van der Waals surface area contributed by atoms with Gasteiger partial charge in [0.15, 0.2) is 6.61 Å². The monoisotopic (exact) mass is 367 g/mol. The fourth-order valence-corrected chi connectivity index (χ4v) is 2.99. The first kappa shape index (κ1) is 21.0. The van der Waals surface area contributed by atoms with Gasteiger partial charge in [-0.05, 0) is 40.5 Å². The third-order valence-electron chi connectivity index (χ3n) is 4.71. The molecule has 3 nitrogen and oxygen atoms in total. The van der Waals surface area contributed by atoms with Crippen molar-refractivity contribution in [2.24, 2.45) is 0 Å². The molecule has 0 heterocycles. The van der Waals surface area contributed by atoms with Gasteiger partial charge in [-0.1, -0.05) is 84.0 Å². The maximum Gasteiger partial charge on any atom is 0.258 e. The van der Waals surface area contributed by atoms with Gasteiger partial charge in [-0.25, -0.2) is 0 Å². The lowest BCUT2D eigenvalue weighted by molar-refractivity contribution is -0.123. The predicted octanol–water partition coefficient (Wildman–Crippen LogP) is 5.54. The van der Waals surface area contributed by atoms with E-state index in [4.69, 9.17) is 4.74 Å². The molecule has 0 spiro atoms. The van der Waals surface area contributed by atoms with E-state index >= 15 is 0 Å². The molecule has 0 aromatic heterocycles. The zero-order chi connectivity index (χ0) is 20.2. The number of amides is 1. The summed E-state index contributed by atoms with van der Waals surface area (Å²) in [4.78, 5) is 12.4. The molecule has 0 radical (unpaired) electrons. The third-order valence-corrected chi connectivity index (χ3v) is 4.71. The Bertz CT molecular complexity index is 764. The van der Waals surface area contributed by atoms with Crippen LogP contribution in [0.4, 0.5) is 0 Å². The minimum Gasteiger partial charge on any atom is -0.483 e. The van der Waals surface area contributed by atoms with Crippen LogP contribution in [0, 0.1) is 0 Å². The molecule has 2 aromatic carbocycles. The summed E-state index contributed by atoms with van der Waals surface area (Å²) in [5, 5.41) is 3.02. The minimum atomic E-state index is -0.119. The largest absolute Gasteiger partial charge is 0.483 e. The molecule has 0 aliphatic heterocycles. The Kier molecular flexibility index (Phi) is 6.35. The Morgan fingerprint density at radius 3 is 2.07 bits per heavy atom. The molecule has 1 atom stereocenters. The zero-order valence-electron chi connectivity index (χ0n) is 17.7. The van der Waals surface area contributed by atoms with Crippen molar-refractivity contribution in [1.29, 1.82) is 0 Å². The van der Waals surface area contributed by atoms with Crippen LogP contribution in [0.5, 0.6) is 5.75 Å². The summed E-state index contributed by atoms with van der Waals surface area (Å²) in [6.07, 6.45) is 0. The summed E-state index contributed by atoms with van der Waals surface area (Å²) < 4.78 is 5.81. The summed E-state index contributed by atoms with van der Waals surface area (Å²) in [5.41, 5.74) is 3.57. The van der Waals surface area contributed by atoms with Gasteiger partial charge in [-0.3, -0.25) is 4.79 Å². The standard InChI is InChI=1S/C24H33NO2/c1-17(18-12-14-19(15-13-18)23(2,3)4)25-22(26)16-27-21-11-9-8-10-20(21)24(5,6)7/h8-15,17H,16H2,1-7H3,(H,25,26)/t17-/m0/s1. The Balaban J connectivity index is 1.96. The van der Waals surface area contributed by atoms with E-state index in [1.54, 1.807) is 0 Å². The van der Waals surface area contributed by atoms with Crippen LogP contribution < -0.4 is 10.1 Å². The van der Waals surface area contributed by atoms with Crippen LogP contribution >= 0.6 is 0 Å². The van der Waals surface area contributed by atoms with Gasteiger partial charge in [0.2, 0.25) is 0 Å². The lowest BCUT2D eigenvalue weighted by atomic mass is 9.86. The molecule has 146 valence electrons. The topological polar surface area (TPSA) is 38.3 Å². The maximum atomic E-state index is 12.4. The fourth-order valence-electron chi connectivity index (χ4n) is 2.99. The SMILES string of the molecule is C[C@H](NC(=O)COc1ccccc1C(C)(C)C)c1ccc(C(C)(C)C)cc1. The van der Waals surface area contributed by atoms with Crippen molar-refractivity contribution in [3.05, 3.63) is 65.2 Å². The first-order valence-electron chi connectivity index (χ1n) is 9.60. The number of ether oxygens (including phenoxy) is 1. The van der Waals surface area contributed by atoms with E-state index in [1.807, 2.05) is 31.2 Å². The highest BCUT2D eigenvalue weighted by Crippen LogP contribution is 2.31. The van der Waals surface area contributed by atoms with Gasteiger partial charge in [0, 0.05) is 0 Å². The summed E-state index contributed by atoms with van der Waals surface area (Å²) in [6, 6.07) is 16.3. The molecule has 0 aliphatic rings. The van der Waals surface area contributed by atoms with Crippen LogP contribution in [-0.4, -0.2) is 12.5 Å². The molecule has 0 aliphatic carbocycles. The minimum absolute atomic E-state index is 0.0114. The van der Waals surface area contributed by atoms with Crippen molar-refractivity contribution in [1.82, 2.24) is 5.32 Å². The van der Waals surface area contributed by atoms with Crippen LogP contribution in [0.3, 0.4) is 0 Å². The van der Waals surface area contributed by atoms with Crippen LogP contribution in [0.1, 0.15) is 71.2 Å². The van der Waals surface area contributed by atoms with E-state index in [0.29, 0.717) is 0 Å². The number of benzene rings is 2. The molecule has 0 fully saturated rings. The molecule has 0 unspecified atom stereocenters. The second kappa shape index (κ2) is 8.16. The predicted molar refractivity (Wildman–Crippen MR) is 112 cm³/mol. The number of nitrogens with one attached hydrogen (secondary N) is 1. The number of para-hydroxylation sites is 1. The number of hydrogen-bond donors (Lipinski definition) is 1. The number of carbonyl (C=O) groups excluding carboxylic acids is 1. The van der Waals surface area contributed by atoms with Crippen LogP contribution in [0.15, 0.2) is 48.5 Å². The molecular weight excluding hydrogens is 334 g/mol. The molecule has 1 amide bonds. The second-order valence-corrected chi connectivity index (χ2v) is 9.20. The molecule has 1 N–H and O–H groups in total. The first-order valence-corrected chi connectivity index (χ1v) is 9.60. The van der Waals surface area contributed by atoms with E-state index in [1.165, 1.54) is 5.56 Å². The number of hydrogen-bond acceptors (Lipinski definition) is 2. The van der Waals surface area contributed by atoms with Gasteiger partial charge in [0.25, 0.3) is 5.91 Å². The number of rotatable bonds is 5. The van der Waals surface area contributed by atoms with E-state index in [0.717, 1.165) is 16.9 Å². The average Bonchev–Trinajstić information content (AvgIpc) is 2.58. The first-order chi connectivity index (χ1) is 12.5.